The van der Waals surface area contributed by atoms with E-state index in [2.05, 4.69) is 10.6 Å². The molecule has 2 aliphatic carbocycles. The number of carbonyl (C=O) groups is 1. The van der Waals surface area contributed by atoms with Gasteiger partial charge in [0.1, 0.15) is 0 Å². The van der Waals surface area contributed by atoms with Gasteiger partial charge in [0.2, 0.25) is 5.91 Å². The van der Waals surface area contributed by atoms with Crippen molar-refractivity contribution in [3.05, 3.63) is 24.3 Å². The second-order valence-electron chi connectivity index (χ2n) is 6.11. The minimum absolute atomic E-state index is 0.154. The highest BCUT2D eigenvalue weighted by molar-refractivity contribution is 5.94. The Bertz CT molecular complexity index is 484. The Kier molecular flexibility index (Phi) is 3.92. The summed E-state index contributed by atoms with van der Waals surface area (Å²) in [6.45, 7) is 0. The normalized spacial score (nSPS) is 26.1. The van der Waals surface area contributed by atoms with Crippen LogP contribution in [0.25, 0.3) is 0 Å². The van der Waals surface area contributed by atoms with Crippen molar-refractivity contribution >= 4 is 17.3 Å². The first kappa shape index (κ1) is 13.4. The molecule has 1 aromatic carbocycles. The van der Waals surface area contributed by atoms with Crippen LogP contribution in [0.2, 0.25) is 0 Å². The maximum absolute atomic E-state index is 11.8. The van der Waals surface area contributed by atoms with Crippen LogP contribution in [0.1, 0.15) is 38.5 Å². The van der Waals surface area contributed by atoms with Gasteiger partial charge < -0.3 is 16.4 Å². The van der Waals surface area contributed by atoms with Crippen LogP contribution in [0.3, 0.4) is 0 Å². The lowest BCUT2D eigenvalue weighted by Gasteiger charge is -2.28. The average molecular weight is 273 g/mol. The first-order valence-corrected chi connectivity index (χ1v) is 7.64. The van der Waals surface area contributed by atoms with Gasteiger partial charge in [-0.3, -0.25) is 4.79 Å². The molecule has 1 amide bonds. The van der Waals surface area contributed by atoms with Crippen LogP contribution in [0.5, 0.6) is 0 Å². The Hall–Kier alpha value is -1.55. The van der Waals surface area contributed by atoms with Crippen molar-refractivity contribution in [2.24, 2.45) is 11.7 Å². The van der Waals surface area contributed by atoms with E-state index in [1.807, 2.05) is 24.3 Å². The van der Waals surface area contributed by atoms with Gasteiger partial charge >= 0.3 is 0 Å². The predicted molar refractivity (Wildman–Crippen MR) is 81.6 cm³/mol. The molecule has 0 spiro atoms. The summed E-state index contributed by atoms with van der Waals surface area (Å²) in [4.78, 5) is 11.8. The molecular formula is C16H23N3O. The van der Waals surface area contributed by atoms with Crippen LogP contribution in [-0.4, -0.2) is 18.0 Å². The molecule has 20 heavy (non-hydrogen) atoms. The molecule has 2 unspecified atom stereocenters. The largest absolute Gasteiger partial charge is 0.382 e. The van der Waals surface area contributed by atoms with E-state index in [-0.39, 0.29) is 11.8 Å². The standard InChI is InChI=1S/C16H23N3O/c17-12-3-1-4-13(9-12)18-14-5-2-6-15(10-14)19-16(20)11-7-8-11/h2,5-6,10-13,18H,1,3-4,7-9,17H2,(H,19,20). The van der Waals surface area contributed by atoms with Crippen LogP contribution < -0.4 is 16.4 Å². The number of benzene rings is 1. The van der Waals surface area contributed by atoms with Crippen LogP contribution >= 0.6 is 0 Å². The van der Waals surface area contributed by atoms with Crippen molar-refractivity contribution < 1.29 is 4.79 Å². The van der Waals surface area contributed by atoms with Gasteiger partial charge in [-0.15, -0.1) is 0 Å². The summed E-state index contributed by atoms with van der Waals surface area (Å²) in [5, 5.41) is 6.53. The number of hydrogen-bond donors (Lipinski definition) is 3. The zero-order valence-corrected chi connectivity index (χ0v) is 11.8. The summed E-state index contributed by atoms with van der Waals surface area (Å²) in [5.74, 6) is 0.393. The predicted octanol–water partition coefficient (Wildman–Crippen LogP) is 2.72. The molecule has 0 heterocycles. The molecule has 0 saturated heterocycles. The van der Waals surface area contributed by atoms with Crippen molar-refractivity contribution in [3.63, 3.8) is 0 Å². The van der Waals surface area contributed by atoms with Gasteiger partial charge in [0, 0.05) is 29.4 Å². The molecule has 0 bridgehead atoms. The van der Waals surface area contributed by atoms with Crippen molar-refractivity contribution in [1.82, 2.24) is 0 Å². The first-order valence-electron chi connectivity index (χ1n) is 7.64. The number of nitrogens with two attached hydrogens (primary N) is 1. The van der Waals surface area contributed by atoms with E-state index < -0.39 is 0 Å². The SMILES string of the molecule is NC1CCCC(Nc2cccc(NC(=O)C3CC3)c2)C1. The summed E-state index contributed by atoms with van der Waals surface area (Å²) in [6.07, 6.45) is 6.59. The number of amides is 1. The maximum atomic E-state index is 11.8. The lowest BCUT2D eigenvalue weighted by molar-refractivity contribution is -0.117. The van der Waals surface area contributed by atoms with E-state index in [4.69, 9.17) is 5.73 Å². The van der Waals surface area contributed by atoms with Gasteiger partial charge in [0.15, 0.2) is 0 Å². The molecule has 108 valence electrons. The van der Waals surface area contributed by atoms with E-state index in [0.29, 0.717) is 12.1 Å². The van der Waals surface area contributed by atoms with Crippen molar-refractivity contribution in [2.45, 2.75) is 50.6 Å². The van der Waals surface area contributed by atoms with E-state index >= 15 is 0 Å². The minimum atomic E-state index is 0.154. The van der Waals surface area contributed by atoms with Crippen molar-refractivity contribution in [3.8, 4) is 0 Å². The molecule has 2 saturated carbocycles. The highest BCUT2D eigenvalue weighted by Crippen LogP contribution is 2.30. The van der Waals surface area contributed by atoms with Crippen LogP contribution in [0.4, 0.5) is 11.4 Å². The molecule has 0 radical (unpaired) electrons. The number of anilines is 2. The Labute approximate surface area is 120 Å². The molecule has 0 aliphatic heterocycles. The molecule has 4 N–H and O–H groups in total. The monoisotopic (exact) mass is 273 g/mol. The number of nitrogens with one attached hydrogen (secondary N) is 2. The third kappa shape index (κ3) is 3.51. The number of carbonyl (C=O) groups excluding carboxylic acids is 1. The second-order valence-corrected chi connectivity index (χ2v) is 6.11. The van der Waals surface area contributed by atoms with E-state index in [1.165, 1.54) is 12.8 Å². The maximum Gasteiger partial charge on any atom is 0.227 e. The van der Waals surface area contributed by atoms with Gasteiger partial charge in [-0.2, -0.15) is 0 Å². The summed E-state index contributed by atoms with van der Waals surface area (Å²) < 4.78 is 0. The topological polar surface area (TPSA) is 67.2 Å². The van der Waals surface area contributed by atoms with Crippen LogP contribution in [0.15, 0.2) is 24.3 Å². The lowest BCUT2D eigenvalue weighted by Crippen LogP contribution is -2.34. The Morgan fingerprint density at radius 3 is 2.70 bits per heavy atom. The number of rotatable bonds is 4. The van der Waals surface area contributed by atoms with Crippen LogP contribution in [0, 0.1) is 5.92 Å². The molecular weight excluding hydrogens is 250 g/mol. The zero-order valence-electron chi connectivity index (χ0n) is 11.8. The van der Waals surface area contributed by atoms with E-state index in [9.17, 15) is 4.79 Å². The van der Waals surface area contributed by atoms with Gasteiger partial charge in [-0.05, 0) is 56.7 Å². The van der Waals surface area contributed by atoms with E-state index in [1.54, 1.807) is 0 Å². The summed E-state index contributed by atoms with van der Waals surface area (Å²) in [5.41, 5.74) is 7.97. The van der Waals surface area contributed by atoms with Gasteiger partial charge in [0.05, 0.1) is 0 Å². The fourth-order valence-electron chi connectivity index (χ4n) is 2.87. The van der Waals surface area contributed by atoms with Crippen LogP contribution in [-0.2, 0) is 4.79 Å². The molecule has 1 aromatic rings. The Morgan fingerprint density at radius 1 is 1.15 bits per heavy atom. The Morgan fingerprint density at radius 2 is 1.95 bits per heavy atom. The molecule has 2 fully saturated rings. The smallest absolute Gasteiger partial charge is 0.227 e. The molecule has 0 aromatic heterocycles. The highest BCUT2D eigenvalue weighted by atomic mass is 16.2. The Balaban J connectivity index is 1.60. The van der Waals surface area contributed by atoms with Gasteiger partial charge in [-0.1, -0.05) is 6.07 Å². The lowest BCUT2D eigenvalue weighted by atomic mass is 9.91. The minimum Gasteiger partial charge on any atom is -0.382 e. The second kappa shape index (κ2) is 5.83. The van der Waals surface area contributed by atoms with Crippen molar-refractivity contribution in [2.75, 3.05) is 10.6 Å². The number of hydrogen-bond acceptors (Lipinski definition) is 3. The highest BCUT2D eigenvalue weighted by Gasteiger charge is 2.29. The molecule has 4 nitrogen and oxygen atoms in total. The quantitative estimate of drug-likeness (QED) is 0.790. The zero-order chi connectivity index (χ0) is 13.9. The molecule has 4 heteroatoms. The van der Waals surface area contributed by atoms with E-state index in [0.717, 1.165) is 37.1 Å². The summed E-state index contributed by atoms with van der Waals surface area (Å²) >= 11 is 0. The van der Waals surface area contributed by atoms with Gasteiger partial charge in [-0.25, -0.2) is 0 Å². The van der Waals surface area contributed by atoms with Gasteiger partial charge in [0.25, 0.3) is 0 Å². The van der Waals surface area contributed by atoms with Crippen molar-refractivity contribution in [1.29, 1.82) is 0 Å². The third-order valence-corrected chi connectivity index (χ3v) is 4.16. The molecule has 2 atom stereocenters. The molecule has 2 aliphatic rings. The first-order chi connectivity index (χ1) is 9.70. The third-order valence-electron chi connectivity index (χ3n) is 4.16. The fourth-order valence-corrected chi connectivity index (χ4v) is 2.87. The average Bonchev–Trinajstić information content (AvgIpc) is 3.23. The summed E-state index contributed by atoms with van der Waals surface area (Å²) in [6, 6.07) is 8.76. The summed E-state index contributed by atoms with van der Waals surface area (Å²) in [7, 11) is 0. The fraction of sp³-hybridized carbons (Fsp3) is 0.562. The molecule has 3 rings (SSSR count).